The molecule has 12 nitrogen and oxygen atoms in total. The second kappa shape index (κ2) is 30.1. The van der Waals surface area contributed by atoms with Gasteiger partial charge in [-0.05, 0) is 212 Å². The fourth-order valence-corrected chi connectivity index (χ4v) is 15.0. The smallest absolute Gasteiger partial charge is 0.227 e. The van der Waals surface area contributed by atoms with E-state index in [1.54, 1.807) is 86.1 Å². The van der Waals surface area contributed by atoms with Crippen molar-refractivity contribution in [2.24, 2.45) is 39.0 Å². The summed E-state index contributed by atoms with van der Waals surface area (Å²) in [6, 6.07) is 38.6. The van der Waals surface area contributed by atoms with Crippen LogP contribution >= 0.6 is 0 Å². The van der Waals surface area contributed by atoms with Crippen LogP contribution in [0.3, 0.4) is 0 Å². The van der Waals surface area contributed by atoms with Gasteiger partial charge in [-0.25, -0.2) is 38.2 Å². The van der Waals surface area contributed by atoms with Gasteiger partial charge in [-0.2, -0.15) is 0 Å². The van der Waals surface area contributed by atoms with Crippen molar-refractivity contribution < 1.29 is 67.5 Å². The highest BCUT2D eigenvalue weighted by atomic mass is 16.4. The third kappa shape index (κ3) is 15.4. The lowest BCUT2D eigenvalue weighted by atomic mass is 9.86. The molecule has 4 aromatic carbocycles. The molecule has 17 rings (SSSR count). The first-order valence-corrected chi connectivity index (χ1v) is 38.0. The molecule has 0 unspecified atom stereocenters. The second-order valence-electron chi connectivity index (χ2n) is 32.9. The first kappa shape index (κ1) is 54.0. The summed E-state index contributed by atoms with van der Waals surface area (Å²) >= 11 is 0. The predicted octanol–water partition coefficient (Wildman–Crippen LogP) is 24.1. The van der Waals surface area contributed by atoms with Crippen molar-refractivity contribution in [3.8, 4) is 45.0 Å². The zero-order chi connectivity index (χ0) is 99.6. The maximum atomic E-state index is 9.01. The third-order valence-corrected chi connectivity index (χ3v) is 21.2. The minimum atomic E-state index is -2.72. The lowest BCUT2D eigenvalue weighted by Crippen LogP contribution is -2.31. The van der Waals surface area contributed by atoms with Crippen LogP contribution in [0.4, 0.5) is 0 Å². The van der Waals surface area contributed by atoms with E-state index in [0.717, 1.165) is 140 Å². The Kier molecular flexibility index (Phi) is 14.5. The number of benzene rings is 4. The van der Waals surface area contributed by atoms with Crippen LogP contribution in [-0.4, -0.2) is 19.9 Å². The molecule has 1 aliphatic rings. The highest BCUT2D eigenvalue weighted by Crippen LogP contribution is 2.43. The number of hydrogen-bond donors (Lipinski definition) is 0. The van der Waals surface area contributed by atoms with Crippen LogP contribution in [0.2, 0.25) is 0 Å². The van der Waals surface area contributed by atoms with E-state index in [1.807, 2.05) is 113 Å². The van der Waals surface area contributed by atoms with E-state index in [2.05, 4.69) is 100 Å². The molecule has 0 bridgehead atoms. The molecule has 0 saturated heterocycles. The maximum Gasteiger partial charge on any atom is 0.227 e. The van der Waals surface area contributed by atoms with Crippen molar-refractivity contribution in [3.05, 3.63) is 236 Å². The fourth-order valence-electron chi connectivity index (χ4n) is 15.0. The average molecular weight is 1520 g/mol. The molecule has 16 aromatic rings. The molecule has 0 aliphatic heterocycles. The molecular formula is C100H114N8O4+4. The van der Waals surface area contributed by atoms with Gasteiger partial charge >= 0.3 is 0 Å². The van der Waals surface area contributed by atoms with Crippen molar-refractivity contribution in [1.29, 1.82) is 0 Å². The summed E-state index contributed by atoms with van der Waals surface area (Å²) in [6.45, 7) is 15.2. The quantitative estimate of drug-likeness (QED) is 0.145. The van der Waals surface area contributed by atoms with E-state index < -0.39 is 65.2 Å². The third-order valence-electron chi connectivity index (χ3n) is 21.2. The number of hydrogen-bond acceptors (Lipinski definition) is 8. The molecule has 0 atom stereocenters. The van der Waals surface area contributed by atoms with Crippen LogP contribution in [-0.2, 0) is 46.4 Å². The molecule has 1 saturated carbocycles. The Labute approximate surface area is 694 Å². The lowest BCUT2D eigenvalue weighted by Gasteiger charge is -2.20. The lowest BCUT2D eigenvalue weighted by molar-refractivity contribution is -0.660. The van der Waals surface area contributed by atoms with E-state index in [9.17, 15) is 0 Å². The van der Waals surface area contributed by atoms with E-state index in [-0.39, 0.29) is 58.3 Å². The van der Waals surface area contributed by atoms with E-state index in [0.29, 0.717) is 67.7 Å². The summed E-state index contributed by atoms with van der Waals surface area (Å²) in [5.41, 5.74) is 19.7. The number of rotatable bonds is 7. The monoisotopic (exact) mass is 1510 g/mol. The minimum absolute atomic E-state index is 0.00968. The SMILES string of the molecule is [2H]C([2H])([2H])c1c[n+](C)c(-c2c(C)ccc3c2oc2nc(C(C)(C)C)ccc23)cc1C.[2H]C([2H])([2H])c1c[n+](C)c(-c2c(C)ccc3c2oc2nc(C4([2H])C([2H])([2H])CCCC4([2H])[2H])ccc23)cc1C.[2H]C([2H])([2H])c1c[n+](C)c(-c2c(C)ccc3c2oc2nc(CC(C)(C([2H])([2H])[2H])C([2H])([2H])[2H])ccc23)cc1C.[2H]C([2H])([2H])c1c[n+](C)c(-c2c(C)ccc3c2oc2nc(CC(C)(C)C)ccc23)cc1C. The summed E-state index contributed by atoms with van der Waals surface area (Å²) in [7, 11) is 7.33. The topological polar surface area (TPSA) is 120 Å². The number of furan rings is 4. The van der Waals surface area contributed by atoms with Gasteiger partial charge in [0.15, 0.2) is 47.1 Å². The zero-order valence-corrected chi connectivity index (χ0v) is 67.6. The average Bonchev–Trinajstić information content (AvgIpc) is 1.55. The number of pyridine rings is 8. The van der Waals surface area contributed by atoms with Crippen molar-refractivity contribution >= 4 is 88.3 Å². The number of aromatic nitrogens is 8. The molecule has 12 heteroatoms. The Balaban J connectivity index is 0.000000145. The summed E-state index contributed by atoms with van der Waals surface area (Å²) in [6.07, 6.45) is 3.58. The van der Waals surface area contributed by atoms with E-state index in [1.165, 1.54) is 6.92 Å². The molecule has 0 spiro atoms. The van der Waals surface area contributed by atoms with E-state index in [4.69, 9.17) is 59.2 Å². The van der Waals surface area contributed by atoms with Crippen LogP contribution in [0.25, 0.3) is 133 Å². The molecule has 1 aliphatic carbocycles. The molecule has 12 heterocycles. The second-order valence-corrected chi connectivity index (χ2v) is 32.9. The molecule has 12 aromatic heterocycles. The Hall–Kier alpha value is -10.7. The van der Waals surface area contributed by atoms with Crippen molar-refractivity contribution in [3.63, 3.8) is 0 Å². The maximum absolute atomic E-state index is 9.01. The van der Waals surface area contributed by atoms with Crippen molar-refractivity contribution in [2.45, 2.75) is 201 Å². The van der Waals surface area contributed by atoms with Crippen molar-refractivity contribution in [1.82, 2.24) is 19.9 Å². The normalized spacial score (nSPS) is 18.0. The van der Waals surface area contributed by atoms with Gasteiger partial charge in [0.2, 0.25) is 45.6 Å². The number of aryl methyl sites for hydroxylation is 16. The van der Waals surface area contributed by atoms with E-state index >= 15 is 0 Å². The Morgan fingerprint density at radius 2 is 0.661 bits per heavy atom. The van der Waals surface area contributed by atoms with Gasteiger partial charge in [0, 0.05) is 155 Å². The van der Waals surface area contributed by atoms with Gasteiger partial charge in [0.05, 0.1) is 22.3 Å². The molecule has 574 valence electrons. The first-order chi connectivity index (χ1) is 62.2. The van der Waals surface area contributed by atoms with Gasteiger partial charge in [-0.15, -0.1) is 0 Å². The molecule has 0 radical (unpaired) electrons. The highest BCUT2D eigenvalue weighted by molar-refractivity contribution is 6.12. The van der Waals surface area contributed by atoms with Gasteiger partial charge < -0.3 is 17.7 Å². The van der Waals surface area contributed by atoms with Crippen LogP contribution in [0, 0.1) is 93.6 Å². The zero-order valence-electron chi connectivity index (χ0n) is 90.6. The molecular weight excluding hydrogens is 1380 g/mol. The van der Waals surface area contributed by atoms with Gasteiger partial charge in [0.1, 0.15) is 28.2 Å². The van der Waals surface area contributed by atoms with Crippen LogP contribution in [0.5, 0.6) is 0 Å². The molecule has 112 heavy (non-hydrogen) atoms. The van der Waals surface area contributed by atoms with Gasteiger partial charge in [0.25, 0.3) is 0 Å². The summed E-state index contributed by atoms with van der Waals surface area (Å²) < 4.78 is 216. The number of nitrogens with zero attached hydrogens (tertiary/aromatic N) is 8. The molecule has 0 N–H and O–H groups in total. The Morgan fingerprint density at radius 3 is 0.982 bits per heavy atom. The van der Waals surface area contributed by atoms with Crippen LogP contribution in [0.15, 0.2) is 164 Å². The largest absolute Gasteiger partial charge is 0.437 e. The Bertz CT molecular complexity index is 7380. The summed E-state index contributed by atoms with van der Waals surface area (Å²) in [5.74, 6) is -2.18. The first-order valence-electron chi connectivity index (χ1n) is 49.5. The molecule has 0 amide bonds. The highest BCUT2D eigenvalue weighted by Gasteiger charge is 2.30. The summed E-state index contributed by atoms with van der Waals surface area (Å²) in [5, 5.41) is 6.97. The Morgan fingerprint density at radius 1 is 0.357 bits per heavy atom. The fraction of sp³-hybridized carbons (Fsp3) is 0.360. The van der Waals surface area contributed by atoms with Crippen molar-refractivity contribution in [2.75, 3.05) is 0 Å². The summed E-state index contributed by atoms with van der Waals surface area (Å²) in [4.78, 5) is 18.6. The van der Waals surface area contributed by atoms with Gasteiger partial charge in [-0.3, -0.25) is 0 Å². The number of fused-ring (bicyclic) bond motifs is 12. The van der Waals surface area contributed by atoms with Crippen LogP contribution < -0.4 is 18.3 Å². The van der Waals surface area contributed by atoms with Gasteiger partial charge in [-0.1, -0.05) is 130 Å². The minimum Gasteiger partial charge on any atom is -0.437 e. The van der Waals surface area contributed by atoms with Crippen LogP contribution in [0.1, 0.15) is 221 Å². The standard InChI is InChI=1S/C26H29N2O.2C25H29N2O.C24H27N2O/c1-16-10-11-20-21-12-13-22(19-8-6-5-7-9-19)27-26(21)29-25(20)24(16)23-14-17(2)18(3)15-28(23)4;2*1-15-8-10-19-20-11-9-18(13-25(4,5)6)26-24(20)28-23(19)22(15)21-12-16(2)17(3)14-27(21)7;1-14-8-9-17-18-10-11-20(24(4,5)6)25-23(18)27-22(17)21(14)19-12-15(2)16(3)13-26(19)7/h10-15,19H,5-9H2,1-4H3;2*8-12,14H,13H2,1-7H3;8-13H,1-7H3/q4*+1/i3D3,8D2,9D2,19D;3D3,4D3,5D3;2*3D3. The predicted molar refractivity (Wildman–Crippen MR) is 460 cm³/mol. The molecule has 1 fully saturated rings.